The largest absolute Gasteiger partial charge is 0.480 e. The highest BCUT2D eigenvalue weighted by Gasteiger charge is 2.32. The van der Waals surface area contributed by atoms with E-state index in [1.54, 1.807) is 0 Å². The molecule has 2 atom stereocenters. The van der Waals surface area contributed by atoms with Gasteiger partial charge in [-0.25, -0.2) is 13.6 Å². The Morgan fingerprint density at radius 2 is 2.16 bits per heavy atom. The monoisotopic (exact) mass is 287 g/mol. The number of halogens is 2. The fraction of sp³-hybridized carbons (Fsp3) is 0.333. The lowest BCUT2D eigenvalue weighted by atomic mass is 10.1. The summed E-state index contributed by atoms with van der Waals surface area (Å²) in [7, 11) is 0. The average Bonchev–Trinajstić information content (AvgIpc) is 2.36. The van der Waals surface area contributed by atoms with Crippen LogP contribution in [0.3, 0.4) is 0 Å². The number of benzene rings is 1. The minimum absolute atomic E-state index is 0.236. The summed E-state index contributed by atoms with van der Waals surface area (Å²) < 4.78 is 25.8. The third-order valence-corrected chi connectivity index (χ3v) is 4.09. The van der Waals surface area contributed by atoms with E-state index >= 15 is 0 Å². The van der Waals surface area contributed by atoms with Crippen molar-refractivity contribution in [2.24, 2.45) is 0 Å². The van der Waals surface area contributed by atoms with Crippen LogP contribution in [0.15, 0.2) is 18.2 Å². The zero-order chi connectivity index (χ0) is 14.0. The number of carboxylic acid groups (broad SMARTS) is 1. The molecule has 4 nitrogen and oxygen atoms in total. The topological polar surface area (TPSA) is 66.4 Å². The quantitative estimate of drug-likeness (QED) is 0.876. The van der Waals surface area contributed by atoms with E-state index in [2.05, 4.69) is 5.32 Å². The number of rotatable bonds is 3. The fourth-order valence-corrected chi connectivity index (χ4v) is 2.94. The van der Waals surface area contributed by atoms with E-state index in [9.17, 15) is 18.4 Å². The number of carbonyl (C=O) groups excluding carboxylic acids is 1. The maximum Gasteiger partial charge on any atom is 0.327 e. The molecule has 1 fully saturated rings. The summed E-state index contributed by atoms with van der Waals surface area (Å²) in [6.07, 6.45) is 0.236. The Morgan fingerprint density at radius 3 is 2.74 bits per heavy atom. The minimum atomic E-state index is -1.08. The summed E-state index contributed by atoms with van der Waals surface area (Å²) >= 11 is 1.20. The van der Waals surface area contributed by atoms with Gasteiger partial charge in [0.15, 0.2) is 11.6 Å². The van der Waals surface area contributed by atoms with Gasteiger partial charge in [-0.2, -0.15) is 0 Å². The van der Waals surface area contributed by atoms with Gasteiger partial charge in [-0.3, -0.25) is 4.79 Å². The van der Waals surface area contributed by atoms with Crippen LogP contribution in [0, 0.1) is 11.6 Å². The van der Waals surface area contributed by atoms with Crippen molar-refractivity contribution in [1.82, 2.24) is 5.32 Å². The lowest BCUT2D eigenvalue weighted by Gasteiger charge is -2.26. The zero-order valence-corrected chi connectivity index (χ0v) is 10.5. The van der Waals surface area contributed by atoms with E-state index in [-0.39, 0.29) is 12.2 Å². The Labute approximate surface area is 112 Å². The van der Waals surface area contributed by atoms with E-state index < -0.39 is 34.8 Å². The Balaban J connectivity index is 2.02. The second kappa shape index (κ2) is 5.56. The van der Waals surface area contributed by atoms with Crippen LogP contribution in [0.1, 0.15) is 5.56 Å². The molecule has 1 aliphatic heterocycles. The first-order valence-corrected chi connectivity index (χ1v) is 6.61. The normalized spacial score (nSPS) is 22.9. The van der Waals surface area contributed by atoms with Gasteiger partial charge in [-0.1, -0.05) is 6.07 Å². The van der Waals surface area contributed by atoms with Crippen molar-refractivity contribution in [3.63, 3.8) is 0 Å². The standard InChI is InChI=1S/C12H11F2NO3S/c13-7-2-1-6(3-8(7)14)4-10-11(16)15-9(5-19-10)12(17)18/h1-3,9-10H,4-5H2,(H,15,16)(H,17,18)/t9-,10+/m1/s1. The van der Waals surface area contributed by atoms with Crippen LogP contribution in [0.2, 0.25) is 0 Å². The predicted octanol–water partition coefficient (Wildman–Crippen LogP) is 1.19. The predicted molar refractivity (Wildman–Crippen MR) is 65.9 cm³/mol. The molecule has 0 aliphatic carbocycles. The van der Waals surface area contributed by atoms with Crippen molar-refractivity contribution in [2.45, 2.75) is 17.7 Å². The maximum atomic E-state index is 13.0. The maximum absolute atomic E-state index is 13.0. The number of hydrogen-bond donors (Lipinski definition) is 2. The van der Waals surface area contributed by atoms with Crippen molar-refractivity contribution < 1.29 is 23.5 Å². The van der Waals surface area contributed by atoms with E-state index in [0.29, 0.717) is 5.56 Å². The number of carboxylic acids is 1. The third kappa shape index (κ3) is 3.23. The summed E-state index contributed by atoms with van der Waals surface area (Å²) in [4.78, 5) is 22.4. The lowest BCUT2D eigenvalue weighted by molar-refractivity contribution is -0.141. The molecule has 1 amide bonds. The second-order valence-corrected chi connectivity index (χ2v) is 5.41. The Bertz CT molecular complexity index is 524. The van der Waals surface area contributed by atoms with Gasteiger partial charge in [0.25, 0.3) is 0 Å². The molecule has 0 unspecified atom stereocenters. The van der Waals surface area contributed by atoms with Crippen molar-refractivity contribution in [3.05, 3.63) is 35.4 Å². The first-order valence-electron chi connectivity index (χ1n) is 5.56. The zero-order valence-electron chi connectivity index (χ0n) is 9.73. The second-order valence-electron chi connectivity index (χ2n) is 4.17. The Morgan fingerprint density at radius 1 is 1.42 bits per heavy atom. The highest BCUT2D eigenvalue weighted by atomic mass is 32.2. The molecule has 0 spiro atoms. The smallest absolute Gasteiger partial charge is 0.327 e. The number of thioether (sulfide) groups is 1. The van der Waals surface area contributed by atoms with Crippen LogP contribution >= 0.6 is 11.8 Å². The Kier molecular flexibility index (Phi) is 4.04. The van der Waals surface area contributed by atoms with E-state index in [4.69, 9.17) is 5.11 Å². The van der Waals surface area contributed by atoms with Crippen LogP contribution < -0.4 is 5.32 Å². The average molecular weight is 287 g/mol. The number of amides is 1. The molecule has 0 radical (unpaired) electrons. The molecule has 1 aromatic carbocycles. The molecular weight excluding hydrogens is 276 g/mol. The van der Waals surface area contributed by atoms with Crippen molar-refractivity contribution in [1.29, 1.82) is 0 Å². The van der Waals surface area contributed by atoms with Gasteiger partial charge in [0.05, 0.1) is 5.25 Å². The number of carbonyl (C=O) groups is 2. The van der Waals surface area contributed by atoms with Crippen molar-refractivity contribution in [3.8, 4) is 0 Å². The minimum Gasteiger partial charge on any atom is -0.480 e. The van der Waals surface area contributed by atoms with Gasteiger partial charge in [-0.05, 0) is 24.1 Å². The molecular formula is C12H11F2NO3S. The molecule has 1 aliphatic rings. The van der Waals surface area contributed by atoms with Crippen molar-refractivity contribution >= 4 is 23.6 Å². The molecule has 1 heterocycles. The SMILES string of the molecule is O=C1N[C@@H](C(=O)O)CS[C@H]1Cc1ccc(F)c(F)c1. The van der Waals surface area contributed by atoms with E-state index in [0.717, 1.165) is 12.1 Å². The molecule has 19 heavy (non-hydrogen) atoms. The molecule has 102 valence electrons. The van der Waals surface area contributed by atoms with Gasteiger partial charge >= 0.3 is 5.97 Å². The molecule has 0 aromatic heterocycles. The van der Waals surface area contributed by atoms with E-state index in [1.807, 2.05) is 0 Å². The summed E-state index contributed by atoms with van der Waals surface area (Å²) in [5.74, 6) is -3.10. The molecule has 0 saturated carbocycles. The molecule has 1 aromatic rings. The first-order chi connectivity index (χ1) is 8.97. The fourth-order valence-electron chi connectivity index (χ4n) is 1.76. The number of nitrogens with one attached hydrogen (secondary N) is 1. The highest BCUT2D eigenvalue weighted by Crippen LogP contribution is 2.22. The van der Waals surface area contributed by atoms with E-state index in [1.165, 1.54) is 17.8 Å². The number of hydrogen-bond acceptors (Lipinski definition) is 3. The lowest BCUT2D eigenvalue weighted by Crippen LogP contribution is -2.51. The molecule has 2 rings (SSSR count). The van der Waals surface area contributed by atoms with Crippen LogP contribution in [0.4, 0.5) is 8.78 Å². The summed E-state index contributed by atoms with van der Waals surface area (Å²) in [5, 5.41) is 10.7. The van der Waals surface area contributed by atoms with Gasteiger partial charge in [0.1, 0.15) is 6.04 Å². The molecule has 1 saturated heterocycles. The Hall–Kier alpha value is -1.63. The van der Waals surface area contributed by atoms with Gasteiger partial charge < -0.3 is 10.4 Å². The highest BCUT2D eigenvalue weighted by molar-refractivity contribution is 8.00. The van der Waals surface area contributed by atoms with Gasteiger partial charge in [0, 0.05) is 5.75 Å². The summed E-state index contributed by atoms with van der Waals surface area (Å²) in [6.45, 7) is 0. The third-order valence-electron chi connectivity index (χ3n) is 2.78. The van der Waals surface area contributed by atoms with Crippen molar-refractivity contribution in [2.75, 3.05) is 5.75 Å². The summed E-state index contributed by atoms with van der Waals surface area (Å²) in [5.41, 5.74) is 0.500. The number of aliphatic carboxylic acids is 1. The summed E-state index contributed by atoms with van der Waals surface area (Å²) in [6, 6.07) is 2.58. The van der Waals surface area contributed by atoms with Crippen LogP contribution in [0.5, 0.6) is 0 Å². The van der Waals surface area contributed by atoms with Crippen LogP contribution in [-0.4, -0.2) is 34.0 Å². The van der Waals surface area contributed by atoms with Gasteiger partial charge in [-0.15, -0.1) is 11.8 Å². The molecule has 7 heteroatoms. The molecule has 0 bridgehead atoms. The van der Waals surface area contributed by atoms with Crippen LogP contribution in [-0.2, 0) is 16.0 Å². The van der Waals surface area contributed by atoms with Gasteiger partial charge in [0.2, 0.25) is 5.91 Å². The van der Waals surface area contributed by atoms with Crippen LogP contribution in [0.25, 0.3) is 0 Å². The molecule has 2 N–H and O–H groups in total. The first kappa shape index (κ1) is 13.8.